The van der Waals surface area contributed by atoms with Crippen molar-refractivity contribution in [1.29, 1.82) is 0 Å². The van der Waals surface area contributed by atoms with Gasteiger partial charge in [0.1, 0.15) is 12.7 Å². The Labute approximate surface area is 251 Å². The smallest absolute Gasteiger partial charge is 0.412 e. The van der Waals surface area contributed by atoms with Crippen molar-refractivity contribution in [2.45, 2.75) is 128 Å². The number of fused-ring (bicyclic) bond motifs is 1. The minimum Gasteiger partial charge on any atom is -0.440 e. The van der Waals surface area contributed by atoms with Crippen LogP contribution in [0.2, 0.25) is 5.02 Å². The van der Waals surface area contributed by atoms with Crippen molar-refractivity contribution in [2.75, 3.05) is 38.2 Å². The molecule has 4 atom stereocenters. The number of halogens is 1. The van der Waals surface area contributed by atoms with E-state index in [0.29, 0.717) is 23.9 Å². The van der Waals surface area contributed by atoms with E-state index < -0.39 is 36.0 Å². The molecule has 4 rings (SSSR count). The first-order chi connectivity index (χ1) is 19.8. The molecule has 0 aromatic heterocycles. The van der Waals surface area contributed by atoms with E-state index in [1.165, 1.54) is 51.4 Å². The highest BCUT2D eigenvalue weighted by Gasteiger charge is 2.66. The molecular formula is C32H51ClN2O6. The number of ether oxygens (including phenoxy) is 5. The van der Waals surface area contributed by atoms with Crippen molar-refractivity contribution >= 4 is 23.4 Å². The lowest BCUT2D eigenvalue weighted by Gasteiger charge is -2.31. The zero-order valence-corrected chi connectivity index (χ0v) is 26.1. The zero-order chi connectivity index (χ0) is 29.1. The maximum Gasteiger partial charge on any atom is 0.412 e. The normalized spacial score (nSPS) is 27.9. The van der Waals surface area contributed by atoms with E-state index in [-0.39, 0.29) is 6.61 Å². The summed E-state index contributed by atoms with van der Waals surface area (Å²) >= 11 is 6.00. The maximum absolute atomic E-state index is 13.1. The van der Waals surface area contributed by atoms with Crippen LogP contribution in [-0.4, -0.2) is 73.7 Å². The van der Waals surface area contributed by atoms with Gasteiger partial charge in [0.25, 0.3) is 0 Å². The summed E-state index contributed by atoms with van der Waals surface area (Å²) in [5.74, 6) is -2.03. The fraction of sp³-hybridized carbons (Fsp3) is 0.781. The van der Waals surface area contributed by atoms with E-state index in [9.17, 15) is 4.79 Å². The number of nitrogens with zero attached hydrogens (tertiary/aromatic N) is 1. The van der Waals surface area contributed by atoms with Crippen LogP contribution in [-0.2, 0) is 23.7 Å². The van der Waals surface area contributed by atoms with Gasteiger partial charge in [-0.05, 0) is 70.5 Å². The number of likely N-dealkylation sites (tertiary alicyclic amines) is 1. The van der Waals surface area contributed by atoms with Crippen LogP contribution in [0.25, 0.3) is 0 Å². The lowest BCUT2D eigenvalue weighted by molar-refractivity contribution is -0.279. The molecule has 8 nitrogen and oxygen atoms in total. The van der Waals surface area contributed by atoms with Crippen molar-refractivity contribution in [2.24, 2.45) is 0 Å². The van der Waals surface area contributed by atoms with Crippen molar-refractivity contribution < 1.29 is 28.5 Å². The number of hydrogen-bond donors (Lipinski definition) is 1. The van der Waals surface area contributed by atoms with Gasteiger partial charge >= 0.3 is 6.09 Å². The molecular weight excluding hydrogens is 544 g/mol. The topological polar surface area (TPSA) is 78.5 Å². The van der Waals surface area contributed by atoms with Crippen molar-refractivity contribution in [3.63, 3.8) is 0 Å². The summed E-state index contributed by atoms with van der Waals surface area (Å²) in [7, 11) is 0. The van der Waals surface area contributed by atoms with Gasteiger partial charge in [-0.1, -0.05) is 76.3 Å². The number of hydrogen-bond acceptors (Lipinski definition) is 7. The fourth-order valence-electron chi connectivity index (χ4n) is 6.17. The Kier molecular flexibility index (Phi) is 12.6. The lowest BCUT2D eigenvalue weighted by atomic mass is 10.0. The van der Waals surface area contributed by atoms with Crippen molar-refractivity contribution in [3.8, 4) is 0 Å². The summed E-state index contributed by atoms with van der Waals surface area (Å²) in [5.41, 5.74) is 0.603. The molecule has 3 fully saturated rings. The minimum absolute atomic E-state index is 0.229. The Balaban J connectivity index is 1.38. The van der Waals surface area contributed by atoms with E-state index in [1.54, 1.807) is 24.3 Å². The third kappa shape index (κ3) is 9.80. The molecule has 3 heterocycles. The van der Waals surface area contributed by atoms with E-state index >= 15 is 0 Å². The van der Waals surface area contributed by atoms with Crippen LogP contribution in [0.1, 0.15) is 97.8 Å². The molecule has 0 saturated carbocycles. The SMILES string of the molecule is CCCCCCCCCCOC[C@@]12O[C@@H](CN3CCCCCC3)[C@@H](OC(=O)Nc3ccc(Cl)cc3)[C@@H]1OC(C)(C)O2. The van der Waals surface area contributed by atoms with Crippen molar-refractivity contribution in [3.05, 3.63) is 29.3 Å². The summed E-state index contributed by atoms with van der Waals surface area (Å²) in [6, 6.07) is 6.93. The third-order valence-corrected chi connectivity index (χ3v) is 8.45. The largest absolute Gasteiger partial charge is 0.440 e. The standard InChI is InChI=1S/C32H51ClN2O6/c1-4-5-6-7-8-9-12-15-22-37-24-32-29(40-31(2,3)41-32)28(27(39-32)23-35-20-13-10-11-14-21-35)38-30(36)34-26-18-16-25(33)17-19-26/h16-19,27-29H,4-15,20-24H2,1-3H3,(H,34,36)/t27-,28+,29-,32-/m0/s1. The molecule has 232 valence electrons. The Morgan fingerprint density at radius 1 is 0.976 bits per heavy atom. The van der Waals surface area contributed by atoms with Gasteiger partial charge in [-0.3, -0.25) is 5.32 Å². The van der Waals surface area contributed by atoms with Crippen LogP contribution in [0.4, 0.5) is 10.5 Å². The molecule has 0 spiro atoms. The van der Waals surface area contributed by atoms with Crippen LogP contribution in [0.3, 0.4) is 0 Å². The number of carbonyl (C=O) groups excluding carboxylic acids is 1. The van der Waals surface area contributed by atoms with Crippen LogP contribution >= 0.6 is 11.6 Å². The van der Waals surface area contributed by atoms with Crippen LogP contribution in [0, 0.1) is 0 Å². The molecule has 0 radical (unpaired) electrons. The number of amides is 1. The van der Waals surface area contributed by atoms with Crippen LogP contribution in [0.15, 0.2) is 24.3 Å². The van der Waals surface area contributed by atoms with Gasteiger partial charge < -0.3 is 28.6 Å². The van der Waals surface area contributed by atoms with E-state index in [2.05, 4.69) is 17.1 Å². The predicted octanol–water partition coefficient (Wildman–Crippen LogP) is 7.54. The monoisotopic (exact) mass is 594 g/mol. The average molecular weight is 595 g/mol. The number of carbonyl (C=O) groups is 1. The fourth-order valence-corrected chi connectivity index (χ4v) is 6.30. The predicted molar refractivity (Wildman–Crippen MR) is 161 cm³/mol. The first-order valence-electron chi connectivity index (χ1n) is 15.9. The van der Waals surface area contributed by atoms with Crippen molar-refractivity contribution in [1.82, 2.24) is 4.90 Å². The molecule has 0 bridgehead atoms. The van der Waals surface area contributed by atoms with Gasteiger partial charge in [-0.2, -0.15) is 0 Å². The molecule has 1 N–H and O–H groups in total. The second kappa shape index (κ2) is 15.9. The molecule has 41 heavy (non-hydrogen) atoms. The first-order valence-corrected chi connectivity index (χ1v) is 16.3. The quantitative estimate of drug-likeness (QED) is 0.210. The van der Waals surface area contributed by atoms with Gasteiger partial charge in [-0.15, -0.1) is 0 Å². The Hall–Kier alpha value is -1.42. The maximum atomic E-state index is 13.1. The summed E-state index contributed by atoms with van der Waals surface area (Å²) in [4.78, 5) is 15.5. The molecule has 1 amide bonds. The van der Waals surface area contributed by atoms with Gasteiger partial charge in [0.15, 0.2) is 18.0 Å². The van der Waals surface area contributed by atoms with Crippen LogP contribution < -0.4 is 5.32 Å². The van der Waals surface area contributed by atoms with E-state index in [4.69, 9.17) is 35.3 Å². The summed E-state index contributed by atoms with van der Waals surface area (Å²) < 4.78 is 31.7. The molecule has 1 aromatic carbocycles. The Bertz CT molecular complexity index is 923. The summed E-state index contributed by atoms with van der Waals surface area (Å²) in [6.07, 6.45) is 12.5. The first kappa shape index (κ1) is 32.5. The molecule has 3 aliphatic rings. The number of benzene rings is 1. The van der Waals surface area contributed by atoms with E-state index in [1.807, 2.05) is 13.8 Å². The van der Waals surface area contributed by atoms with Gasteiger partial charge in [0.2, 0.25) is 5.79 Å². The lowest BCUT2D eigenvalue weighted by Crippen LogP contribution is -2.46. The molecule has 0 unspecified atom stereocenters. The minimum atomic E-state index is -1.13. The van der Waals surface area contributed by atoms with Crippen LogP contribution in [0.5, 0.6) is 0 Å². The second-order valence-corrected chi connectivity index (χ2v) is 12.7. The molecule has 3 aliphatic heterocycles. The Morgan fingerprint density at radius 2 is 1.63 bits per heavy atom. The third-order valence-electron chi connectivity index (χ3n) is 8.19. The summed E-state index contributed by atoms with van der Waals surface area (Å²) in [5, 5.41) is 3.41. The van der Waals surface area contributed by atoms with Gasteiger partial charge in [0, 0.05) is 23.9 Å². The molecule has 0 aliphatic carbocycles. The molecule has 1 aromatic rings. The van der Waals surface area contributed by atoms with Gasteiger partial charge in [-0.25, -0.2) is 4.79 Å². The van der Waals surface area contributed by atoms with Gasteiger partial charge in [0.05, 0.1) is 0 Å². The zero-order valence-electron chi connectivity index (χ0n) is 25.3. The number of unbranched alkanes of at least 4 members (excludes halogenated alkanes) is 7. The molecule has 9 heteroatoms. The van der Waals surface area contributed by atoms with E-state index in [0.717, 1.165) is 38.8 Å². The highest BCUT2D eigenvalue weighted by molar-refractivity contribution is 6.30. The highest BCUT2D eigenvalue weighted by Crippen LogP contribution is 2.47. The second-order valence-electron chi connectivity index (χ2n) is 12.3. The number of rotatable bonds is 15. The highest BCUT2D eigenvalue weighted by atomic mass is 35.5. The number of anilines is 1. The molecule has 3 saturated heterocycles. The average Bonchev–Trinajstić information content (AvgIpc) is 3.18. The Morgan fingerprint density at radius 3 is 2.32 bits per heavy atom. The number of nitrogens with one attached hydrogen (secondary N) is 1. The summed E-state index contributed by atoms with van der Waals surface area (Å²) in [6.45, 7) is 9.49.